The van der Waals surface area contributed by atoms with Crippen molar-refractivity contribution in [2.75, 3.05) is 7.11 Å². The van der Waals surface area contributed by atoms with Crippen LogP contribution in [0.5, 0.6) is 0 Å². The summed E-state index contributed by atoms with van der Waals surface area (Å²) in [4.78, 5) is 0. The van der Waals surface area contributed by atoms with E-state index in [9.17, 15) is 4.39 Å². The van der Waals surface area contributed by atoms with Crippen LogP contribution in [0.3, 0.4) is 0 Å². The molecule has 0 spiro atoms. The van der Waals surface area contributed by atoms with Gasteiger partial charge < -0.3 is 4.74 Å². The van der Waals surface area contributed by atoms with Crippen LogP contribution in [0.1, 0.15) is 5.82 Å². The second kappa shape index (κ2) is 4.71. The summed E-state index contributed by atoms with van der Waals surface area (Å²) < 4.78 is 17.5. The summed E-state index contributed by atoms with van der Waals surface area (Å²) in [7, 11) is 1.54. The predicted octanol–water partition coefficient (Wildman–Crippen LogP) is 1.22. The lowest BCUT2D eigenvalue weighted by Crippen LogP contribution is -2.03. The van der Waals surface area contributed by atoms with Gasteiger partial charge in [-0.1, -0.05) is 0 Å². The summed E-state index contributed by atoms with van der Waals surface area (Å²) in [5.41, 5.74) is 0.672. The van der Waals surface area contributed by atoms with Crippen LogP contribution in [-0.4, -0.2) is 27.5 Å². The highest BCUT2D eigenvalue weighted by Crippen LogP contribution is 2.12. The number of rotatable bonds is 3. The summed E-state index contributed by atoms with van der Waals surface area (Å²) in [5, 5.41) is 15.4. The van der Waals surface area contributed by atoms with E-state index in [1.54, 1.807) is 12.1 Å². The minimum absolute atomic E-state index is 0.268. The molecule has 0 aliphatic rings. The number of hydrogen-bond donors (Lipinski definition) is 0. The molecular formula is C10H9FN4O. The van der Waals surface area contributed by atoms with E-state index >= 15 is 0 Å². The van der Waals surface area contributed by atoms with Crippen molar-refractivity contribution in [1.29, 1.82) is 0 Å². The Labute approximate surface area is 91.3 Å². The number of ether oxygens (including phenoxy) is 1. The molecule has 6 heteroatoms. The van der Waals surface area contributed by atoms with Crippen LogP contribution >= 0.6 is 0 Å². The Morgan fingerprint density at radius 3 is 2.25 bits per heavy atom. The number of nitrogens with zero attached hydrogens (tertiary/aromatic N) is 4. The third-order valence-corrected chi connectivity index (χ3v) is 1.90. The molecule has 1 aromatic carbocycles. The molecule has 1 aromatic heterocycles. The number of hydrogen-bond acceptors (Lipinski definition) is 5. The highest BCUT2D eigenvalue weighted by molar-refractivity contribution is 5.53. The minimum Gasteiger partial charge on any atom is -0.377 e. The molecule has 1 heterocycles. The van der Waals surface area contributed by atoms with Gasteiger partial charge in [0.2, 0.25) is 5.82 Å². The fourth-order valence-electron chi connectivity index (χ4n) is 1.15. The second-order valence-electron chi connectivity index (χ2n) is 3.08. The smallest absolute Gasteiger partial charge is 0.203 e. The third-order valence-electron chi connectivity index (χ3n) is 1.90. The standard InChI is InChI=1S/C10H9FN4O/c1-16-6-9-12-14-10(15-13-9)7-2-4-8(11)5-3-7/h2-5H,6H2,1H3. The summed E-state index contributed by atoms with van der Waals surface area (Å²) in [6.45, 7) is 0.268. The fraction of sp³-hybridized carbons (Fsp3) is 0.200. The molecule has 2 aromatic rings. The molecule has 0 unspecified atom stereocenters. The van der Waals surface area contributed by atoms with E-state index in [1.807, 2.05) is 0 Å². The molecule has 0 saturated heterocycles. The van der Waals surface area contributed by atoms with Gasteiger partial charge in [0.05, 0.1) is 0 Å². The zero-order valence-corrected chi connectivity index (χ0v) is 8.59. The van der Waals surface area contributed by atoms with E-state index in [1.165, 1.54) is 19.2 Å². The molecule has 0 bridgehead atoms. The minimum atomic E-state index is -0.305. The maximum absolute atomic E-state index is 12.7. The van der Waals surface area contributed by atoms with Crippen LogP contribution in [0.15, 0.2) is 24.3 Å². The summed E-state index contributed by atoms with van der Waals surface area (Å²) in [5.74, 6) is 0.467. The molecule has 82 valence electrons. The Hall–Kier alpha value is -1.95. The van der Waals surface area contributed by atoms with Gasteiger partial charge in [0, 0.05) is 12.7 Å². The Bertz CT molecular complexity index is 457. The first kappa shape index (κ1) is 10.6. The first-order valence-electron chi connectivity index (χ1n) is 4.61. The molecule has 16 heavy (non-hydrogen) atoms. The zero-order chi connectivity index (χ0) is 11.4. The van der Waals surface area contributed by atoms with Gasteiger partial charge in [0.1, 0.15) is 12.4 Å². The van der Waals surface area contributed by atoms with Crippen molar-refractivity contribution in [3.05, 3.63) is 35.9 Å². The van der Waals surface area contributed by atoms with E-state index in [0.29, 0.717) is 17.2 Å². The summed E-state index contributed by atoms with van der Waals surface area (Å²) >= 11 is 0. The molecule has 0 aliphatic carbocycles. The normalized spacial score (nSPS) is 10.4. The molecule has 0 fully saturated rings. The maximum atomic E-state index is 12.7. The fourth-order valence-corrected chi connectivity index (χ4v) is 1.15. The van der Waals surface area contributed by atoms with E-state index in [4.69, 9.17) is 4.74 Å². The highest BCUT2D eigenvalue weighted by Gasteiger charge is 2.04. The van der Waals surface area contributed by atoms with Crippen molar-refractivity contribution in [2.24, 2.45) is 0 Å². The van der Waals surface area contributed by atoms with Crippen molar-refractivity contribution in [1.82, 2.24) is 20.4 Å². The lowest BCUT2D eigenvalue weighted by atomic mass is 10.2. The van der Waals surface area contributed by atoms with Crippen molar-refractivity contribution in [2.45, 2.75) is 6.61 Å². The number of benzene rings is 1. The lowest BCUT2D eigenvalue weighted by molar-refractivity contribution is 0.175. The second-order valence-corrected chi connectivity index (χ2v) is 3.08. The number of aromatic nitrogens is 4. The SMILES string of the molecule is COCc1nnc(-c2ccc(F)cc2)nn1. The van der Waals surface area contributed by atoms with E-state index in [2.05, 4.69) is 20.4 Å². The Kier molecular flexibility index (Phi) is 3.11. The van der Waals surface area contributed by atoms with Crippen LogP contribution in [0, 0.1) is 5.82 Å². The van der Waals surface area contributed by atoms with Gasteiger partial charge in [-0.2, -0.15) is 0 Å². The molecule has 0 aliphatic heterocycles. The Balaban J connectivity index is 2.24. The van der Waals surface area contributed by atoms with E-state index < -0.39 is 0 Å². The van der Waals surface area contributed by atoms with Crippen LogP contribution in [0.25, 0.3) is 11.4 Å². The topological polar surface area (TPSA) is 60.8 Å². The average Bonchev–Trinajstić information content (AvgIpc) is 2.32. The molecule has 0 radical (unpaired) electrons. The van der Waals surface area contributed by atoms with Crippen molar-refractivity contribution in [3.63, 3.8) is 0 Å². The van der Waals surface area contributed by atoms with Gasteiger partial charge in [-0.25, -0.2) is 4.39 Å². The Morgan fingerprint density at radius 2 is 1.69 bits per heavy atom. The average molecular weight is 220 g/mol. The van der Waals surface area contributed by atoms with Gasteiger partial charge >= 0.3 is 0 Å². The van der Waals surface area contributed by atoms with Crippen molar-refractivity contribution < 1.29 is 9.13 Å². The predicted molar refractivity (Wildman–Crippen MR) is 53.7 cm³/mol. The zero-order valence-electron chi connectivity index (χ0n) is 8.59. The monoisotopic (exact) mass is 220 g/mol. The van der Waals surface area contributed by atoms with Crippen LogP contribution in [-0.2, 0) is 11.3 Å². The van der Waals surface area contributed by atoms with Crippen LogP contribution in [0.4, 0.5) is 4.39 Å². The quantitative estimate of drug-likeness (QED) is 0.778. The number of methoxy groups -OCH3 is 1. The Morgan fingerprint density at radius 1 is 1.06 bits per heavy atom. The molecule has 0 N–H and O–H groups in total. The van der Waals surface area contributed by atoms with E-state index in [0.717, 1.165) is 0 Å². The molecule has 0 saturated carbocycles. The van der Waals surface area contributed by atoms with Gasteiger partial charge in [0.25, 0.3) is 0 Å². The van der Waals surface area contributed by atoms with Gasteiger partial charge in [-0.15, -0.1) is 20.4 Å². The van der Waals surface area contributed by atoms with Crippen LogP contribution in [0.2, 0.25) is 0 Å². The lowest BCUT2D eigenvalue weighted by Gasteiger charge is -1.99. The maximum Gasteiger partial charge on any atom is 0.203 e. The first-order chi connectivity index (χ1) is 7.79. The first-order valence-corrected chi connectivity index (χ1v) is 4.61. The molecule has 5 nitrogen and oxygen atoms in total. The largest absolute Gasteiger partial charge is 0.377 e. The summed E-state index contributed by atoms with van der Waals surface area (Å²) in [6, 6.07) is 5.82. The molecule has 0 amide bonds. The van der Waals surface area contributed by atoms with Crippen molar-refractivity contribution >= 4 is 0 Å². The van der Waals surface area contributed by atoms with Crippen molar-refractivity contribution in [3.8, 4) is 11.4 Å². The summed E-state index contributed by atoms with van der Waals surface area (Å²) in [6.07, 6.45) is 0. The van der Waals surface area contributed by atoms with Gasteiger partial charge in [-0.05, 0) is 24.3 Å². The molecule has 0 atom stereocenters. The molecule has 2 rings (SSSR count). The van der Waals surface area contributed by atoms with E-state index in [-0.39, 0.29) is 12.4 Å². The highest BCUT2D eigenvalue weighted by atomic mass is 19.1. The molecular weight excluding hydrogens is 211 g/mol. The third kappa shape index (κ3) is 2.34. The van der Waals surface area contributed by atoms with Gasteiger partial charge in [0.15, 0.2) is 5.82 Å². The van der Waals surface area contributed by atoms with Gasteiger partial charge in [-0.3, -0.25) is 0 Å². The number of halogens is 1. The van der Waals surface area contributed by atoms with Crippen LogP contribution < -0.4 is 0 Å².